The Bertz CT molecular complexity index is 1340. The number of nitrogens with zero attached hydrogens (tertiary/aromatic N) is 2. The van der Waals surface area contributed by atoms with Crippen molar-refractivity contribution in [3.8, 4) is 22.6 Å². The van der Waals surface area contributed by atoms with Gasteiger partial charge in [0.25, 0.3) is 0 Å². The maximum atomic E-state index is 11.4. The lowest BCUT2D eigenvalue weighted by Crippen LogP contribution is -2.32. The van der Waals surface area contributed by atoms with Crippen LogP contribution in [0, 0.1) is 0 Å². The van der Waals surface area contributed by atoms with E-state index in [9.17, 15) is 4.21 Å². The normalized spacial score (nSPS) is 14.6. The molecule has 1 aliphatic heterocycles. The van der Waals surface area contributed by atoms with Gasteiger partial charge in [0, 0.05) is 41.5 Å². The van der Waals surface area contributed by atoms with Crippen LogP contribution < -0.4 is 0 Å². The molecule has 35 heavy (non-hydrogen) atoms. The first kappa shape index (κ1) is 24.0. The molecule has 0 fully saturated rings. The largest absolute Gasteiger partial charge is 0.338 e. The summed E-state index contributed by atoms with van der Waals surface area (Å²) in [4.78, 5) is 10.5. The van der Waals surface area contributed by atoms with Gasteiger partial charge < -0.3 is 4.98 Å². The van der Waals surface area contributed by atoms with Crippen molar-refractivity contribution < 1.29 is 4.21 Å². The van der Waals surface area contributed by atoms with Gasteiger partial charge >= 0.3 is 0 Å². The van der Waals surface area contributed by atoms with Crippen molar-refractivity contribution in [2.24, 2.45) is 0 Å². The first-order valence-corrected chi connectivity index (χ1v) is 14.2. The van der Waals surface area contributed by atoms with Gasteiger partial charge in [-0.2, -0.15) is 0 Å². The highest BCUT2D eigenvalue weighted by Gasteiger charge is 2.19. The smallest absolute Gasteiger partial charge is 0.139 e. The Morgan fingerprint density at radius 1 is 1.09 bits per heavy atom. The monoisotopic (exact) mass is 503 g/mol. The minimum Gasteiger partial charge on any atom is -0.338 e. The standard InChI is InChI=1S/C29H30ClN3OS/c1-35(34)16-6-14-33-15-13-25-23(9-5-10-24(25)20-33)17-21-11-12-27(30)26(18-21)29-31-19-28(32-29)22-7-3-2-4-8-22/h2-5,7-12,18-19H,6,13-17,20H2,1H3,(H,31,32). The van der Waals surface area contributed by atoms with E-state index < -0.39 is 10.8 Å². The van der Waals surface area contributed by atoms with Crippen LogP contribution in [0.3, 0.4) is 0 Å². The summed E-state index contributed by atoms with van der Waals surface area (Å²) >= 11 is 6.60. The lowest BCUT2D eigenvalue weighted by Gasteiger charge is -2.30. The summed E-state index contributed by atoms with van der Waals surface area (Å²) in [5.74, 6) is 1.57. The average molecular weight is 504 g/mol. The topological polar surface area (TPSA) is 49.0 Å². The minimum atomic E-state index is -0.710. The molecule has 0 spiro atoms. The number of benzene rings is 3. The number of aromatic amines is 1. The van der Waals surface area contributed by atoms with Crippen LogP contribution in [0.25, 0.3) is 22.6 Å². The van der Waals surface area contributed by atoms with Crippen LogP contribution in [0.15, 0.2) is 72.9 Å². The molecular weight excluding hydrogens is 474 g/mol. The Morgan fingerprint density at radius 2 is 1.94 bits per heavy atom. The molecule has 0 radical (unpaired) electrons. The second kappa shape index (κ2) is 10.9. The Labute approximate surface area is 214 Å². The lowest BCUT2D eigenvalue weighted by atomic mass is 9.90. The van der Waals surface area contributed by atoms with E-state index in [1.54, 1.807) is 6.26 Å². The molecule has 5 rings (SSSR count). The third-order valence-electron chi connectivity index (χ3n) is 6.69. The molecule has 180 valence electrons. The van der Waals surface area contributed by atoms with E-state index in [0.717, 1.165) is 67.3 Å². The number of fused-ring (bicyclic) bond motifs is 1. The number of halogens is 1. The van der Waals surface area contributed by atoms with Crippen molar-refractivity contribution in [3.63, 3.8) is 0 Å². The zero-order chi connectivity index (χ0) is 24.2. The van der Waals surface area contributed by atoms with Crippen LogP contribution in [-0.4, -0.2) is 44.2 Å². The first-order valence-electron chi connectivity index (χ1n) is 12.1. The quantitative estimate of drug-likeness (QED) is 0.315. The molecule has 0 amide bonds. The summed E-state index contributed by atoms with van der Waals surface area (Å²) in [5.41, 5.74) is 8.51. The Kier molecular flexibility index (Phi) is 7.47. The molecule has 1 N–H and O–H groups in total. The molecular formula is C29H30ClN3OS. The second-order valence-corrected chi connectivity index (χ2v) is 11.2. The SMILES string of the molecule is CS(=O)CCCN1CCc2c(Cc3ccc(Cl)c(-c4ncc(-c5ccccc5)[nH]4)c3)cccc2C1. The average Bonchev–Trinajstić information content (AvgIpc) is 3.36. The molecule has 0 bridgehead atoms. The van der Waals surface area contributed by atoms with Gasteiger partial charge in [-0.1, -0.05) is 66.2 Å². The summed E-state index contributed by atoms with van der Waals surface area (Å²) in [7, 11) is -0.710. The molecule has 3 aromatic carbocycles. The van der Waals surface area contributed by atoms with Crippen LogP contribution in [0.5, 0.6) is 0 Å². The van der Waals surface area contributed by atoms with Crippen molar-refractivity contribution in [1.82, 2.24) is 14.9 Å². The van der Waals surface area contributed by atoms with Crippen LogP contribution in [-0.2, 0) is 30.2 Å². The second-order valence-electron chi connectivity index (χ2n) is 9.21. The molecule has 1 aliphatic rings. The molecule has 1 unspecified atom stereocenters. The van der Waals surface area contributed by atoms with Crippen molar-refractivity contribution >= 4 is 22.4 Å². The van der Waals surface area contributed by atoms with E-state index in [4.69, 9.17) is 11.6 Å². The highest BCUT2D eigenvalue weighted by molar-refractivity contribution is 7.84. The molecule has 1 atom stereocenters. The van der Waals surface area contributed by atoms with Gasteiger partial charge in [-0.3, -0.25) is 9.11 Å². The molecule has 6 heteroatoms. The summed E-state index contributed by atoms with van der Waals surface area (Å²) in [6.45, 7) is 3.04. The highest BCUT2D eigenvalue weighted by atomic mass is 35.5. The molecule has 4 aromatic rings. The number of hydrogen-bond donors (Lipinski definition) is 1. The van der Waals surface area contributed by atoms with Crippen LogP contribution in [0.2, 0.25) is 5.02 Å². The van der Waals surface area contributed by atoms with Gasteiger partial charge in [-0.15, -0.1) is 0 Å². The van der Waals surface area contributed by atoms with E-state index in [1.165, 1.54) is 22.3 Å². The molecule has 4 nitrogen and oxygen atoms in total. The number of H-pyrrole nitrogens is 1. The summed E-state index contributed by atoms with van der Waals surface area (Å²) in [5, 5.41) is 0.696. The Hall–Kier alpha value is -2.73. The number of imidazole rings is 1. The van der Waals surface area contributed by atoms with E-state index >= 15 is 0 Å². The first-order chi connectivity index (χ1) is 17.1. The fourth-order valence-electron chi connectivity index (χ4n) is 4.90. The zero-order valence-corrected chi connectivity index (χ0v) is 21.5. The van der Waals surface area contributed by atoms with Crippen LogP contribution in [0.4, 0.5) is 0 Å². The summed E-state index contributed by atoms with van der Waals surface area (Å²) in [6.07, 6.45) is 6.57. The fourth-order valence-corrected chi connectivity index (χ4v) is 5.64. The van der Waals surface area contributed by atoms with Crippen molar-refractivity contribution in [2.75, 3.05) is 25.1 Å². The lowest BCUT2D eigenvalue weighted by molar-refractivity contribution is 0.255. The van der Waals surface area contributed by atoms with Crippen molar-refractivity contribution in [3.05, 3.63) is 100 Å². The predicted molar refractivity (Wildman–Crippen MR) is 146 cm³/mol. The van der Waals surface area contributed by atoms with Crippen molar-refractivity contribution in [2.45, 2.75) is 25.8 Å². The van der Waals surface area contributed by atoms with Gasteiger partial charge in [-0.05, 0) is 65.8 Å². The van der Waals surface area contributed by atoms with Gasteiger partial charge in [0.2, 0.25) is 0 Å². The third-order valence-corrected chi connectivity index (χ3v) is 7.88. The number of rotatable bonds is 8. The molecule has 1 aromatic heterocycles. The van der Waals surface area contributed by atoms with Gasteiger partial charge in [-0.25, -0.2) is 4.98 Å². The highest BCUT2D eigenvalue weighted by Crippen LogP contribution is 2.31. The summed E-state index contributed by atoms with van der Waals surface area (Å²) in [6, 6.07) is 23.1. The number of hydrogen-bond acceptors (Lipinski definition) is 3. The molecule has 0 aliphatic carbocycles. The Balaban J connectivity index is 1.34. The third kappa shape index (κ3) is 5.75. The number of aromatic nitrogens is 2. The summed E-state index contributed by atoms with van der Waals surface area (Å²) < 4.78 is 11.4. The minimum absolute atomic E-state index is 0.696. The predicted octanol–water partition coefficient (Wildman–Crippen LogP) is 6.11. The maximum absolute atomic E-state index is 11.4. The maximum Gasteiger partial charge on any atom is 0.139 e. The van der Waals surface area contributed by atoms with E-state index in [-0.39, 0.29) is 0 Å². The van der Waals surface area contributed by atoms with E-state index in [0.29, 0.717) is 5.02 Å². The zero-order valence-electron chi connectivity index (χ0n) is 20.0. The van der Waals surface area contributed by atoms with Crippen molar-refractivity contribution in [1.29, 1.82) is 0 Å². The molecule has 0 saturated carbocycles. The Morgan fingerprint density at radius 3 is 2.77 bits per heavy atom. The van der Waals surface area contributed by atoms with Crippen LogP contribution in [0.1, 0.15) is 28.7 Å². The molecule has 0 saturated heterocycles. The van der Waals surface area contributed by atoms with E-state index in [2.05, 4.69) is 57.3 Å². The molecule has 2 heterocycles. The van der Waals surface area contributed by atoms with Crippen LogP contribution >= 0.6 is 11.6 Å². The fraction of sp³-hybridized carbons (Fsp3) is 0.276. The van der Waals surface area contributed by atoms with Gasteiger partial charge in [0.05, 0.1) is 16.9 Å². The number of nitrogens with one attached hydrogen (secondary N) is 1. The van der Waals surface area contributed by atoms with E-state index in [1.807, 2.05) is 30.5 Å². The van der Waals surface area contributed by atoms with Gasteiger partial charge in [0.15, 0.2) is 0 Å². The van der Waals surface area contributed by atoms with Gasteiger partial charge in [0.1, 0.15) is 5.82 Å².